The van der Waals surface area contributed by atoms with E-state index in [1.54, 1.807) is 62.4 Å². The summed E-state index contributed by atoms with van der Waals surface area (Å²) >= 11 is 0. The van der Waals surface area contributed by atoms with Crippen LogP contribution in [-0.2, 0) is 19.1 Å². The second kappa shape index (κ2) is 13.2. The normalized spacial score (nSPS) is 10.4. The molecule has 0 aromatic heterocycles. The highest BCUT2D eigenvalue weighted by atomic mass is 16.7. The smallest absolute Gasteiger partial charge is 0.338 e. The summed E-state index contributed by atoms with van der Waals surface area (Å²) < 4.78 is 32.7. The van der Waals surface area contributed by atoms with Gasteiger partial charge in [0, 0.05) is 36.5 Å². The van der Waals surface area contributed by atoms with Crippen molar-refractivity contribution in [2.45, 2.75) is 13.8 Å². The van der Waals surface area contributed by atoms with Crippen molar-refractivity contribution in [2.24, 2.45) is 0 Å². The van der Waals surface area contributed by atoms with Crippen molar-refractivity contribution in [2.75, 3.05) is 27.8 Å². The molecule has 0 radical (unpaired) electrons. The monoisotopic (exact) mass is 518 g/mol. The minimum absolute atomic E-state index is 0.0226. The molecule has 0 amide bonds. The van der Waals surface area contributed by atoms with E-state index in [0.717, 1.165) is 22.3 Å². The van der Waals surface area contributed by atoms with Crippen LogP contribution in [0.5, 0.6) is 23.0 Å². The fourth-order valence-corrected chi connectivity index (χ4v) is 3.29. The van der Waals surface area contributed by atoms with Crippen LogP contribution in [-0.4, -0.2) is 39.7 Å². The minimum atomic E-state index is -0.498. The molecule has 0 aliphatic carbocycles. The first-order chi connectivity index (χ1) is 18.2. The predicted octanol–water partition coefficient (Wildman–Crippen LogP) is 5.95. The number of hydrogen-bond donors (Lipinski definition) is 0. The zero-order valence-electron chi connectivity index (χ0n) is 21.9. The molecule has 0 unspecified atom stereocenters. The lowest BCUT2D eigenvalue weighted by molar-refractivity contribution is -0.130. The third kappa shape index (κ3) is 7.32. The van der Waals surface area contributed by atoms with Gasteiger partial charge in [-0.2, -0.15) is 0 Å². The number of methoxy groups -OCH3 is 2. The summed E-state index contributed by atoms with van der Waals surface area (Å²) in [6.07, 6.45) is 0. The van der Waals surface area contributed by atoms with Crippen LogP contribution in [0.15, 0.2) is 85.0 Å². The lowest BCUT2D eigenvalue weighted by atomic mass is 9.97. The first kappa shape index (κ1) is 28.2. The van der Waals surface area contributed by atoms with Crippen LogP contribution in [0.2, 0.25) is 0 Å². The first-order valence-electron chi connectivity index (χ1n) is 11.6. The Labute approximate surface area is 222 Å². The highest BCUT2D eigenvalue weighted by Gasteiger charge is 2.17. The van der Waals surface area contributed by atoms with Crippen molar-refractivity contribution < 1.29 is 38.0 Å². The number of carbonyl (C=O) groups is 2. The number of carbonyl (C=O) groups excluding carboxylic acids is 2. The van der Waals surface area contributed by atoms with E-state index in [0.29, 0.717) is 34.1 Å². The molecule has 0 spiro atoms. The third-order valence-corrected chi connectivity index (χ3v) is 5.20. The van der Waals surface area contributed by atoms with E-state index in [1.165, 1.54) is 14.2 Å². The lowest BCUT2D eigenvalue weighted by Crippen LogP contribution is -2.08. The van der Waals surface area contributed by atoms with Crippen LogP contribution in [0, 0.1) is 0 Å². The molecule has 8 heteroatoms. The average Bonchev–Trinajstić information content (AvgIpc) is 2.91. The Morgan fingerprint density at radius 3 is 1.26 bits per heavy atom. The Bertz CT molecular complexity index is 1200. The van der Waals surface area contributed by atoms with Gasteiger partial charge in [-0.05, 0) is 61.4 Å². The minimum Gasteiger partial charge on any atom is -0.467 e. The van der Waals surface area contributed by atoms with Gasteiger partial charge >= 0.3 is 11.9 Å². The van der Waals surface area contributed by atoms with E-state index in [2.05, 4.69) is 13.2 Å². The summed E-state index contributed by atoms with van der Waals surface area (Å²) in [7, 11) is 3.07. The second-order valence-corrected chi connectivity index (χ2v) is 8.33. The molecule has 38 heavy (non-hydrogen) atoms. The maximum Gasteiger partial charge on any atom is 0.338 e. The number of esters is 2. The molecule has 0 aliphatic rings. The van der Waals surface area contributed by atoms with Crippen LogP contribution in [0.1, 0.15) is 13.8 Å². The van der Waals surface area contributed by atoms with Gasteiger partial charge in [0.2, 0.25) is 0 Å². The Balaban J connectivity index is 2.02. The Morgan fingerprint density at radius 2 is 0.974 bits per heavy atom. The Kier molecular flexibility index (Phi) is 9.81. The number of rotatable bonds is 12. The summed E-state index contributed by atoms with van der Waals surface area (Å²) in [6, 6.07) is 17.6. The lowest BCUT2D eigenvalue weighted by Gasteiger charge is -2.18. The molecular formula is C30H30O8. The van der Waals surface area contributed by atoms with Crippen molar-refractivity contribution in [3.8, 4) is 45.3 Å². The standard InChI is InChI=1S/C30H30O8/c1-19(2)29(31)37-23-11-7-21(8-12-23)25-15-28(36-18-34-6)26(16-27(25)35-17-33-5)22-9-13-24(14-10-22)38-30(32)20(3)4/h7-16H,1,3,17-18H2,2,4-6H3. The van der Waals surface area contributed by atoms with Crippen LogP contribution in [0.4, 0.5) is 0 Å². The van der Waals surface area contributed by atoms with E-state index >= 15 is 0 Å². The summed E-state index contributed by atoms with van der Waals surface area (Å²) in [6.45, 7) is 10.4. The molecule has 0 saturated carbocycles. The summed E-state index contributed by atoms with van der Waals surface area (Å²) in [5, 5.41) is 0. The van der Waals surface area contributed by atoms with Gasteiger partial charge in [-0.25, -0.2) is 9.59 Å². The van der Waals surface area contributed by atoms with Crippen molar-refractivity contribution in [1.82, 2.24) is 0 Å². The maximum atomic E-state index is 11.8. The molecular weight excluding hydrogens is 488 g/mol. The quantitative estimate of drug-likeness (QED) is 0.126. The summed E-state index contributed by atoms with van der Waals surface area (Å²) in [5.41, 5.74) is 3.65. The molecule has 3 aromatic carbocycles. The molecule has 198 valence electrons. The van der Waals surface area contributed by atoms with Crippen LogP contribution in [0.3, 0.4) is 0 Å². The molecule has 0 bridgehead atoms. The van der Waals surface area contributed by atoms with Gasteiger partial charge in [0.05, 0.1) is 0 Å². The molecule has 0 heterocycles. The molecule has 0 atom stereocenters. The highest BCUT2D eigenvalue weighted by Crippen LogP contribution is 2.42. The molecule has 3 aromatic rings. The largest absolute Gasteiger partial charge is 0.467 e. The molecule has 0 saturated heterocycles. The van der Waals surface area contributed by atoms with Crippen molar-refractivity contribution in [3.05, 3.63) is 85.0 Å². The summed E-state index contributed by atoms with van der Waals surface area (Å²) in [5.74, 6) is 0.859. The van der Waals surface area contributed by atoms with Gasteiger partial charge in [-0.15, -0.1) is 0 Å². The van der Waals surface area contributed by atoms with Gasteiger partial charge in [-0.1, -0.05) is 37.4 Å². The van der Waals surface area contributed by atoms with Gasteiger partial charge in [0.25, 0.3) is 0 Å². The van der Waals surface area contributed by atoms with Crippen molar-refractivity contribution in [3.63, 3.8) is 0 Å². The van der Waals surface area contributed by atoms with Crippen molar-refractivity contribution >= 4 is 11.9 Å². The van der Waals surface area contributed by atoms with E-state index in [1.807, 2.05) is 12.1 Å². The molecule has 0 fully saturated rings. The predicted molar refractivity (Wildman–Crippen MR) is 143 cm³/mol. The van der Waals surface area contributed by atoms with Crippen LogP contribution in [0.25, 0.3) is 22.3 Å². The zero-order chi connectivity index (χ0) is 27.7. The van der Waals surface area contributed by atoms with Gasteiger partial charge in [-0.3, -0.25) is 0 Å². The van der Waals surface area contributed by atoms with E-state index < -0.39 is 11.9 Å². The SMILES string of the molecule is C=C(C)C(=O)Oc1ccc(-c2cc(OCOC)c(-c3ccc(OC(=O)C(=C)C)cc3)cc2OCOC)cc1. The first-order valence-corrected chi connectivity index (χ1v) is 11.6. The zero-order valence-corrected chi connectivity index (χ0v) is 21.9. The number of ether oxygens (including phenoxy) is 6. The topological polar surface area (TPSA) is 89.5 Å². The third-order valence-electron chi connectivity index (χ3n) is 5.20. The molecule has 0 aliphatic heterocycles. The fraction of sp³-hybridized carbons (Fsp3) is 0.200. The Hall–Kier alpha value is -4.40. The van der Waals surface area contributed by atoms with Gasteiger partial charge < -0.3 is 28.4 Å². The van der Waals surface area contributed by atoms with E-state index in [9.17, 15) is 9.59 Å². The Morgan fingerprint density at radius 1 is 0.632 bits per heavy atom. The summed E-state index contributed by atoms with van der Waals surface area (Å²) in [4.78, 5) is 23.7. The van der Waals surface area contributed by atoms with E-state index in [4.69, 9.17) is 28.4 Å². The van der Waals surface area contributed by atoms with Gasteiger partial charge in [0.15, 0.2) is 13.6 Å². The molecule has 8 nitrogen and oxygen atoms in total. The molecule has 0 N–H and O–H groups in total. The second-order valence-electron chi connectivity index (χ2n) is 8.33. The molecule has 3 rings (SSSR count). The number of benzene rings is 3. The van der Waals surface area contributed by atoms with Crippen LogP contribution >= 0.6 is 0 Å². The fourth-order valence-electron chi connectivity index (χ4n) is 3.29. The maximum absolute atomic E-state index is 11.8. The van der Waals surface area contributed by atoms with Gasteiger partial charge in [0.1, 0.15) is 23.0 Å². The average molecular weight is 519 g/mol. The highest BCUT2D eigenvalue weighted by molar-refractivity contribution is 5.89. The van der Waals surface area contributed by atoms with Crippen LogP contribution < -0.4 is 18.9 Å². The number of hydrogen-bond acceptors (Lipinski definition) is 8. The van der Waals surface area contributed by atoms with E-state index in [-0.39, 0.29) is 13.6 Å². The van der Waals surface area contributed by atoms with Crippen molar-refractivity contribution in [1.29, 1.82) is 0 Å².